The second-order valence-electron chi connectivity index (χ2n) is 2.85. The number of carbonyl (C=O) groups is 1. The number of aromatic nitrogens is 1. The van der Waals surface area contributed by atoms with Gasteiger partial charge in [-0.05, 0) is 25.5 Å². The summed E-state index contributed by atoms with van der Waals surface area (Å²) in [4.78, 5) is 15.3. The molecule has 1 heterocycles. The summed E-state index contributed by atoms with van der Waals surface area (Å²) in [5.74, 6) is -0.235. The second kappa shape index (κ2) is 5.10. The van der Waals surface area contributed by atoms with Crippen LogP contribution in [0.5, 0.6) is 0 Å². The van der Waals surface area contributed by atoms with E-state index < -0.39 is 0 Å². The SMILES string of the molecule is CCOC(=O)Cc1nccc(Br)c1C. The Morgan fingerprint density at radius 3 is 3.00 bits per heavy atom. The molecule has 0 fully saturated rings. The van der Waals surface area contributed by atoms with Gasteiger partial charge in [-0.1, -0.05) is 15.9 Å². The van der Waals surface area contributed by atoms with E-state index in [4.69, 9.17) is 4.74 Å². The van der Waals surface area contributed by atoms with Gasteiger partial charge in [-0.2, -0.15) is 0 Å². The zero-order valence-electron chi connectivity index (χ0n) is 8.21. The van der Waals surface area contributed by atoms with Crippen molar-refractivity contribution in [3.63, 3.8) is 0 Å². The van der Waals surface area contributed by atoms with E-state index in [-0.39, 0.29) is 12.4 Å². The Labute approximate surface area is 91.6 Å². The summed E-state index contributed by atoms with van der Waals surface area (Å²) in [7, 11) is 0. The molecule has 0 N–H and O–H groups in total. The molecule has 76 valence electrons. The van der Waals surface area contributed by atoms with E-state index in [0.717, 1.165) is 15.7 Å². The number of hydrogen-bond donors (Lipinski definition) is 0. The van der Waals surface area contributed by atoms with Crippen LogP contribution >= 0.6 is 15.9 Å². The van der Waals surface area contributed by atoms with Crippen LogP contribution in [0.3, 0.4) is 0 Å². The van der Waals surface area contributed by atoms with Crippen molar-refractivity contribution in [1.29, 1.82) is 0 Å². The molecule has 14 heavy (non-hydrogen) atoms. The summed E-state index contributed by atoms with van der Waals surface area (Å²) < 4.78 is 5.81. The maximum absolute atomic E-state index is 11.2. The molecule has 0 bridgehead atoms. The van der Waals surface area contributed by atoms with Crippen molar-refractivity contribution in [2.24, 2.45) is 0 Å². The van der Waals surface area contributed by atoms with E-state index in [1.807, 2.05) is 13.0 Å². The number of esters is 1. The monoisotopic (exact) mass is 257 g/mol. The van der Waals surface area contributed by atoms with Crippen LogP contribution in [-0.4, -0.2) is 17.6 Å². The van der Waals surface area contributed by atoms with Crippen molar-refractivity contribution in [2.45, 2.75) is 20.3 Å². The quantitative estimate of drug-likeness (QED) is 0.780. The summed E-state index contributed by atoms with van der Waals surface area (Å²) in [6, 6.07) is 1.85. The fourth-order valence-electron chi connectivity index (χ4n) is 1.08. The smallest absolute Gasteiger partial charge is 0.311 e. The maximum atomic E-state index is 11.2. The van der Waals surface area contributed by atoms with Crippen molar-refractivity contribution in [3.8, 4) is 0 Å². The third-order valence-electron chi connectivity index (χ3n) is 1.86. The molecular weight excluding hydrogens is 246 g/mol. The van der Waals surface area contributed by atoms with E-state index in [9.17, 15) is 4.79 Å². The first-order valence-electron chi connectivity index (χ1n) is 4.40. The molecule has 0 saturated heterocycles. The Kier molecular flexibility index (Phi) is 4.07. The molecule has 0 unspecified atom stereocenters. The number of rotatable bonds is 3. The highest BCUT2D eigenvalue weighted by Crippen LogP contribution is 2.17. The van der Waals surface area contributed by atoms with Crippen LogP contribution in [0.4, 0.5) is 0 Å². The molecule has 4 heteroatoms. The van der Waals surface area contributed by atoms with E-state index in [1.54, 1.807) is 13.1 Å². The van der Waals surface area contributed by atoms with E-state index >= 15 is 0 Å². The van der Waals surface area contributed by atoms with E-state index in [0.29, 0.717) is 6.61 Å². The Balaban J connectivity index is 2.76. The second-order valence-corrected chi connectivity index (χ2v) is 3.70. The molecule has 0 spiro atoms. The predicted molar refractivity (Wildman–Crippen MR) is 57.0 cm³/mol. The van der Waals surface area contributed by atoms with Crippen LogP contribution in [0.25, 0.3) is 0 Å². The first-order chi connectivity index (χ1) is 6.65. The molecule has 1 rings (SSSR count). The van der Waals surface area contributed by atoms with Crippen LogP contribution in [0.2, 0.25) is 0 Å². The van der Waals surface area contributed by atoms with Gasteiger partial charge < -0.3 is 4.74 Å². The van der Waals surface area contributed by atoms with Gasteiger partial charge in [0.05, 0.1) is 18.7 Å². The van der Waals surface area contributed by atoms with Crippen LogP contribution in [-0.2, 0) is 16.0 Å². The molecule has 0 radical (unpaired) electrons. The highest BCUT2D eigenvalue weighted by molar-refractivity contribution is 9.10. The fraction of sp³-hybridized carbons (Fsp3) is 0.400. The molecule has 0 aromatic carbocycles. The van der Waals surface area contributed by atoms with E-state index in [1.165, 1.54) is 0 Å². The van der Waals surface area contributed by atoms with Gasteiger partial charge in [0.1, 0.15) is 0 Å². The third kappa shape index (κ3) is 2.80. The first-order valence-corrected chi connectivity index (χ1v) is 5.20. The van der Waals surface area contributed by atoms with Crippen LogP contribution in [0.1, 0.15) is 18.2 Å². The van der Waals surface area contributed by atoms with Gasteiger partial charge in [-0.3, -0.25) is 9.78 Å². The first kappa shape index (κ1) is 11.2. The Morgan fingerprint density at radius 2 is 2.36 bits per heavy atom. The van der Waals surface area contributed by atoms with Crippen LogP contribution in [0.15, 0.2) is 16.7 Å². The van der Waals surface area contributed by atoms with Gasteiger partial charge in [0, 0.05) is 10.7 Å². The number of halogens is 1. The summed E-state index contributed by atoms with van der Waals surface area (Å²) in [6.07, 6.45) is 1.91. The van der Waals surface area contributed by atoms with E-state index in [2.05, 4.69) is 20.9 Å². The average Bonchev–Trinajstić information content (AvgIpc) is 2.13. The zero-order chi connectivity index (χ0) is 10.6. The fourth-order valence-corrected chi connectivity index (χ4v) is 1.43. The van der Waals surface area contributed by atoms with Crippen LogP contribution < -0.4 is 0 Å². The van der Waals surface area contributed by atoms with Gasteiger partial charge in [-0.15, -0.1) is 0 Å². The molecule has 0 amide bonds. The highest BCUT2D eigenvalue weighted by Gasteiger charge is 2.09. The Hall–Kier alpha value is -0.900. The molecule has 0 saturated carbocycles. The zero-order valence-corrected chi connectivity index (χ0v) is 9.80. The summed E-state index contributed by atoms with van der Waals surface area (Å²) >= 11 is 3.38. The van der Waals surface area contributed by atoms with Crippen molar-refractivity contribution in [1.82, 2.24) is 4.98 Å². The molecule has 3 nitrogen and oxygen atoms in total. The minimum atomic E-state index is -0.235. The largest absolute Gasteiger partial charge is 0.466 e. The van der Waals surface area contributed by atoms with Gasteiger partial charge in [0.25, 0.3) is 0 Å². The lowest BCUT2D eigenvalue weighted by molar-refractivity contribution is -0.142. The third-order valence-corrected chi connectivity index (χ3v) is 2.72. The van der Waals surface area contributed by atoms with Crippen molar-refractivity contribution >= 4 is 21.9 Å². The Morgan fingerprint density at radius 1 is 1.64 bits per heavy atom. The van der Waals surface area contributed by atoms with Crippen molar-refractivity contribution in [2.75, 3.05) is 6.61 Å². The van der Waals surface area contributed by atoms with Gasteiger partial charge in [0.15, 0.2) is 0 Å². The topological polar surface area (TPSA) is 39.2 Å². The Bertz CT molecular complexity index is 339. The molecule has 0 aliphatic carbocycles. The number of ether oxygens (including phenoxy) is 1. The molecule has 0 atom stereocenters. The number of carbonyl (C=O) groups excluding carboxylic acids is 1. The molecule has 0 aliphatic rings. The number of hydrogen-bond acceptors (Lipinski definition) is 3. The average molecular weight is 258 g/mol. The normalized spacial score (nSPS) is 9.93. The molecular formula is C10H12BrNO2. The summed E-state index contributed by atoms with van der Waals surface area (Å²) in [5, 5.41) is 0. The van der Waals surface area contributed by atoms with Crippen LogP contribution in [0, 0.1) is 6.92 Å². The minimum Gasteiger partial charge on any atom is -0.466 e. The lowest BCUT2D eigenvalue weighted by Crippen LogP contribution is -2.10. The van der Waals surface area contributed by atoms with Gasteiger partial charge >= 0.3 is 5.97 Å². The summed E-state index contributed by atoms with van der Waals surface area (Å²) in [5.41, 5.74) is 1.75. The molecule has 1 aromatic heterocycles. The summed E-state index contributed by atoms with van der Waals surface area (Å²) in [6.45, 7) is 4.12. The molecule has 1 aromatic rings. The van der Waals surface area contributed by atoms with Gasteiger partial charge in [0.2, 0.25) is 0 Å². The lowest BCUT2D eigenvalue weighted by Gasteiger charge is -2.05. The number of nitrogens with zero attached hydrogens (tertiary/aromatic N) is 1. The lowest BCUT2D eigenvalue weighted by atomic mass is 10.2. The predicted octanol–water partition coefficient (Wildman–Crippen LogP) is 2.26. The maximum Gasteiger partial charge on any atom is 0.311 e. The van der Waals surface area contributed by atoms with Gasteiger partial charge in [-0.25, -0.2) is 0 Å². The number of pyridine rings is 1. The minimum absolute atomic E-state index is 0.235. The van der Waals surface area contributed by atoms with Crippen molar-refractivity contribution < 1.29 is 9.53 Å². The van der Waals surface area contributed by atoms with Crippen molar-refractivity contribution in [3.05, 3.63) is 28.0 Å². The standard InChI is InChI=1S/C10H12BrNO2/c1-3-14-10(13)6-9-7(2)8(11)4-5-12-9/h4-5H,3,6H2,1-2H3. The highest BCUT2D eigenvalue weighted by atomic mass is 79.9. The molecule has 0 aliphatic heterocycles.